The first-order chi connectivity index (χ1) is 10.9. The number of phenolic OH excluding ortho intramolecular Hbond substituents is 1. The van der Waals surface area contributed by atoms with Crippen molar-refractivity contribution in [3.63, 3.8) is 0 Å². The molecule has 0 unspecified atom stereocenters. The molecule has 2 amide bonds. The topological polar surface area (TPSA) is 122 Å². The number of carbonyl (C=O) groups excluding carboxylic acids is 2. The third-order valence-electron chi connectivity index (χ3n) is 2.73. The van der Waals surface area contributed by atoms with E-state index < -0.39 is 28.2 Å². The molecule has 3 N–H and O–H groups in total. The molecular weight excluding hydrogens is 309 g/mol. The molecule has 0 aromatic heterocycles. The van der Waals surface area contributed by atoms with Crippen LogP contribution < -0.4 is 10.6 Å². The van der Waals surface area contributed by atoms with Gasteiger partial charge < -0.3 is 15.7 Å². The van der Waals surface area contributed by atoms with Gasteiger partial charge in [-0.15, -0.1) is 0 Å². The maximum atomic E-state index is 13.2. The van der Waals surface area contributed by atoms with Crippen LogP contribution in [0.4, 0.5) is 21.5 Å². The number of hydrogen-bond donors (Lipinski definition) is 3. The molecule has 23 heavy (non-hydrogen) atoms. The highest BCUT2D eigenvalue weighted by Gasteiger charge is 2.18. The second-order valence-electron chi connectivity index (χ2n) is 4.38. The molecule has 8 nitrogen and oxygen atoms in total. The fraction of sp³-hybridized carbons (Fsp3) is 0. The molecule has 0 atom stereocenters. The van der Waals surface area contributed by atoms with Gasteiger partial charge in [0.1, 0.15) is 5.75 Å². The lowest BCUT2D eigenvalue weighted by Gasteiger charge is -2.07. The van der Waals surface area contributed by atoms with Crippen LogP contribution in [0.3, 0.4) is 0 Å². The standard InChI is InChI=1S/C14H10FN3O5/c15-11-6-3-9(7-12(11)18(22)23)17-14(21)13(20)16-8-1-4-10(19)5-2-8/h1-7,19H,(H,16,20)(H,17,21). The number of carbonyl (C=O) groups is 2. The van der Waals surface area contributed by atoms with Gasteiger partial charge in [-0.25, -0.2) is 0 Å². The van der Waals surface area contributed by atoms with E-state index in [1.54, 1.807) is 0 Å². The molecule has 2 aromatic carbocycles. The van der Waals surface area contributed by atoms with Crippen molar-refractivity contribution < 1.29 is 24.0 Å². The number of benzene rings is 2. The Morgan fingerprint density at radius 3 is 2.09 bits per heavy atom. The van der Waals surface area contributed by atoms with Gasteiger partial charge in [0.05, 0.1) is 4.92 Å². The van der Waals surface area contributed by atoms with Crippen molar-refractivity contribution in [3.05, 3.63) is 58.4 Å². The summed E-state index contributed by atoms with van der Waals surface area (Å²) in [5, 5.41) is 24.1. The van der Waals surface area contributed by atoms with E-state index in [0.29, 0.717) is 0 Å². The minimum atomic E-state index is -1.08. The summed E-state index contributed by atoms with van der Waals surface area (Å²) < 4.78 is 13.2. The predicted molar refractivity (Wildman–Crippen MR) is 78.4 cm³/mol. The average molecular weight is 319 g/mol. The van der Waals surface area contributed by atoms with Crippen LogP contribution in [0.2, 0.25) is 0 Å². The Bertz CT molecular complexity index is 776. The van der Waals surface area contributed by atoms with Gasteiger partial charge in [-0.3, -0.25) is 19.7 Å². The molecular formula is C14H10FN3O5. The molecule has 9 heteroatoms. The number of nitro benzene ring substituents is 1. The number of amides is 2. The zero-order chi connectivity index (χ0) is 17.0. The molecule has 0 saturated heterocycles. The van der Waals surface area contributed by atoms with Gasteiger partial charge in [0.2, 0.25) is 5.82 Å². The molecule has 2 rings (SSSR count). The van der Waals surface area contributed by atoms with E-state index in [0.717, 1.165) is 18.2 Å². The number of nitro groups is 1. The molecule has 0 aliphatic carbocycles. The number of nitrogens with zero attached hydrogens (tertiary/aromatic N) is 1. The Morgan fingerprint density at radius 2 is 1.52 bits per heavy atom. The molecule has 0 spiro atoms. The number of halogens is 1. The number of hydrogen-bond acceptors (Lipinski definition) is 5. The Morgan fingerprint density at radius 1 is 1.00 bits per heavy atom. The van der Waals surface area contributed by atoms with Gasteiger partial charge in [-0.05, 0) is 36.4 Å². The lowest BCUT2D eigenvalue weighted by molar-refractivity contribution is -0.387. The number of aromatic hydroxyl groups is 1. The zero-order valence-corrected chi connectivity index (χ0v) is 11.4. The third kappa shape index (κ3) is 4.00. The summed E-state index contributed by atoms with van der Waals surface area (Å²) in [6, 6.07) is 8.10. The first-order valence-corrected chi connectivity index (χ1v) is 6.22. The Balaban J connectivity index is 2.06. The van der Waals surface area contributed by atoms with E-state index in [-0.39, 0.29) is 17.1 Å². The molecule has 118 valence electrons. The second-order valence-corrected chi connectivity index (χ2v) is 4.38. The van der Waals surface area contributed by atoms with Crippen LogP contribution >= 0.6 is 0 Å². The van der Waals surface area contributed by atoms with Crippen LogP contribution in [0.25, 0.3) is 0 Å². The van der Waals surface area contributed by atoms with Gasteiger partial charge in [0.15, 0.2) is 0 Å². The van der Waals surface area contributed by atoms with E-state index in [4.69, 9.17) is 5.11 Å². The number of anilines is 2. The normalized spacial score (nSPS) is 9.96. The van der Waals surface area contributed by atoms with E-state index in [2.05, 4.69) is 10.6 Å². The first-order valence-electron chi connectivity index (χ1n) is 6.22. The number of rotatable bonds is 3. The zero-order valence-electron chi connectivity index (χ0n) is 11.4. The van der Waals surface area contributed by atoms with Gasteiger partial charge in [-0.2, -0.15) is 4.39 Å². The van der Waals surface area contributed by atoms with Crippen LogP contribution in [0.15, 0.2) is 42.5 Å². The van der Waals surface area contributed by atoms with Crippen LogP contribution in [-0.2, 0) is 9.59 Å². The SMILES string of the molecule is O=C(Nc1ccc(O)cc1)C(=O)Nc1ccc(F)c([N+](=O)[O-])c1. The van der Waals surface area contributed by atoms with Crippen molar-refractivity contribution in [1.82, 2.24) is 0 Å². The lowest BCUT2D eigenvalue weighted by Crippen LogP contribution is -2.29. The molecule has 0 bridgehead atoms. The first kappa shape index (κ1) is 15.9. The third-order valence-corrected chi connectivity index (χ3v) is 2.73. The van der Waals surface area contributed by atoms with Crippen molar-refractivity contribution in [2.24, 2.45) is 0 Å². The second kappa shape index (κ2) is 6.52. The summed E-state index contributed by atoms with van der Waals surface area (Å²) in [7, 11) is 0. The van der Waals surface area contributed by atoms with Crippen molar-refractivity contribution in [1.29, 1.82) is 0 Å². The van der Waals surface area contributed by atoms with Crippen molar-refractivity contribution in [2.45, 2.75) is 0 Å². The number of phenols is 1. The van der Waals surface area contributed by atoms with Crippen LogP contribution in [0.1, 0.15) is 0 Å². The summed E-state index contributed by atoms with van der Waals surface area (Å²) in [5.41, 5.74) is -0.640. The van der Waals surface area contributed by atoms with Crippen LogP contribution in [0.5, 0.6) is 5.75 Å². The van der Waals surface area contributed by atoms with Crippen molar-refractivity contribution in [3.8, 4) is 5.75 Å². The maximum Gasteiger partial charge on any atom is 0.314 e. The molecule has 0 saturated carbocycles. The molecule has 0 heterocycles. The highest BCUT2D eigenvalue weighted by atomic mass is 19.1. The molecule has 0 fully saturated rings. The molecule has 0 aliphatic rings. The monoisotopic (exact) mass is 319 g/mol. The largest absolute Gasteiger partial charge is 0.508 e. The quantitative estimate of drug-likeness (QED) is 0.346. The minimum absolute atomic E-state index is 0.00827. The highest BCUT2D eigenvalue weighted by Crippen LogP contribution is 2.21. The summed E-state index contributed by atoms with van der Waals surface area (Å²) in [6.07, 6.45) is 0. The predicted octanol–water partition coefficient (Wildman–Crippen LogP) is 2.02. The van der Waals surface area contributed by atoms with E-state index >= 15 is 0 Å². The number of nitrogens with one attached hydrogen (secondary N) is 2. The van der Waals surface area contributed by atoms with Gasteiger partial charge >= 0.3 is 17.5 Å². The van der Waals surface area contributed by atoms with Gasteiger partial charge in [-0.1, -0.05) is 0 Å². The molecule has 2 aromatic rings. The summed E-state index contributed by atoms with van der Waals surface area (Å²) >= 11 is 0. The summed E-state index contributed by atoms with van der Waals surface area (Å²) in [5.74, 6) is -3.17. The maximum absolute atomic E-state index is 13.2. The lowest BCUT2D eigenvalue weighted by atomic mass is 10.2. The van der Waals surface area contributed by atoms with Crippen molar-refractivity contribution >= 4 is 28.9 Å². The molecule has 0 aliphatic heterocycles. The van der Waals surface area contributed by atoms with E-state index in [9.17, 15) is 24.1 Å². The van der Waals surface area contributed by atoms with E-state index in [1.165, 1.54) is 24.3 Å². The highest BCUT2D eigenvalue weighted by molar-refractivity contribution is 6.43. The average Bonchev–Trinajstić information content (AvgIpc) is 2.51. The Hall–Kier alpha value is -3.49. The van der Waals surface area contributed by atoms with Crippen molar-refractivity contribution in [2.75, 3.05) is 10.6 Å². The smallest absolute Gasteiger partial charge is 0.314 e. The van der Waals surface area contributed by atoms with E-state index in [1.807, 2.05) is 0 Å². The van der Waals surface area contributed by atoms with Gasteiger partial charge in [0.25, 0.3) is 0 Å². The van der Waals surface area contributed by atoms with Crippen LogP contribution in [0, 0.1) is 15.9 Å². The minimum Gasteiger partial charge on any atom is -0.508 e. The summed E-state index contributed by atoms with van der Waals surface area (Å²) in [6.45, 7) is 0. The fourth-order valence-corrected chi connectivity index (χ4v) is 1.65. The summed E-state index contributed by atoms with van der Waals surface area (Å²) in [4.78, 5) is 33.1. The molecule has 0 radical (unpaired) electrons. The Kier molecular flexibility index (Phi) is 4.50. The van der Waals surface area contributed by atoms with Crippen LogP contribution in [-0.4, -0.2) is 21.8 Å². The van der Waals surface area contributed by atoms with Gasteiger partial charge in [0, 0.05) is 17.4 Å². The Labute approximate surface area is 128 Å². The fourth-order valence-electron chi connectivity index (χ4n) is 1.65.